The highest BCUT2D eigenvalue weighted by Crippen LogP contribution is 2.10. The van der Waals surface area contributed by atoms with Crippen molar-refractivity contribution in [3.8, 4) is 0 Å². The summed E-state index contributed by atoms with van der Waals surface area (Å²) in [6, 6.07) is 6.71. The normalized spacial score (nSPS) is 10.9. The predicted molar refractivity (Wildman–Crippen MR) is 91.0 cm³/mol. The van der Waals surface area contributed by atoms with E-state index in [9.17, 15) is 9.59 Å². The van der Waals surface area contributed by atoms with Crippen molar-refractivity contribution < 1.29 is 4.79 Å². The van der Waals surface area contributed by atoms with Crippen LogP contribution in [0.5, 0.6) is 0 Å². The molecule has 3 rings (SSSR count). The quantitative estimate of drug-likeness (QED) is 0.555. The highest BCUT2D eigenvalue weighted by atomic mass is 16.1. The Morgan fingerprint density at radius 1 is 1.46 bits per heavy atom. The fraction of sp³-hybridized carbons (Fsp3) is 0.176. The first-order valence-corrected chi connectivity index (χ1v) is 7.57. The first kappa shape index (κ1) is 15.7. The third-order valence-corrected chi connectivity index (χ3v) is 3.79. The third-order valence-electron chi connectivity index (χ3n) is 3.79. The van der Waals surface area contributed by atoms with E-state index in [2.05, 4.69) is 16.9 Å². The van der Waals surface area contributed by atoms with Gasteiger partial charge in [0.2, 0.25) is 0 Å². The Hall–Kier alpha value is -3.22. The van der Waals surface area contributed by atoms with Crippen molar-refractivity contribution in [2.75, 3.05) is 6.54 Å². The zero-order chi connectivity index (χ0) is 17.3. The lowest BCUT2D eigenvalue weighted by atomic mass is 10.2. The van der Waals surface area contributed by atoms with Crippen LogP contribution in [-0.2, 0) is 6.54 Å². The Morgan fingerprint density at radius 3 is 2.96 bits per heavy atom. The Morgan fingerprint density at radius 2 is 2.25 bits per heavy atom. The molecular formula is C17H17N5O2. The van der Waals surface area contributed by atoms with E-state index in [0.29, 0.717) is 23.2 Å². The maximum absolute atomic E-state index is 12.8. The molecule has 0 bridgehead atoms. The van der Waals surface area contributed by atoms with Crippen LogP contribution >= 0.6 is 0 Å². The van der Waals surface area contributed by atoms with E-state index in [1.165, 1.54) is 10.5 Å². The van der Waals surface area contributed by atoms with E-state index >= 15 is 0 Å². The molecule has 122 valence electrons. The summed E-state index contributed by atoms with van der Waals surface area (Å²) in [6.07, 6.45) is 3.19. The van der Waals surface area contributed by atoms with Crippen LogP contribution in [0.25, 0.3) is 16.7 Å². The minimum Gasteiger partial charge on any atom is -0.348 e. The molecule has 0 aromatic carbocycles. The highest BCUT2D eigenvalue weighted by molar-refractivity contribution is 5.96. The van der Waals surface area contributed by atoms with Crippen molar-refractivity contribution in [3.05, 3.63) is 64.5 Å². The summed E-state index contributed by atoms with van der Waals surface area (Å²) in [4.78, 5) is 29.5. The standard InChI is InChI=1S/C17H17N5O2/c1-3-8-19-16(23)11-10-12-15(21(4-2)14(11)18)20-13-7-5-6-9-22(13)17(12)24/h3,5-7,9-10,18H,1,4,8H2,2H3,(H,19,23). The number of nitrogens with one attached hydrogen (secondary N) is 2. The van der Waals surface area contributed by atoms with Crippen LogP contribution in [0.4, 0.5) is 0 Å². The number of hydrogen-bond acceptors (Lipinski definition) is 4. The number of aryl methyl sites for hydroxylation is 1. The molecule has 7 heteroatoms. The molecular weight excluding hydrogens is 306 g/mol. The van der Waals surface area contributed by atoms with Crippen molar-refractivity contribution in [2.24, 2.45) is 0 Å². The molecule has 7 nitrogen and oxygen atoms in total. The van der Waals surface area contributed by atoms with Gasteiger partial charge in [0.15, 0.2) is 0 Å². The van der Waals surface area contributed by atoms with Gasteiger partial charge in [0.25, 0.3) is 11.5 Å². The van der Waals surface area contributed by atoms with Crippen LogP contribution < -0.4 is 16.4 Å². The van der Waals surface area contributed by atoms with E-state index in [0.717, 1.165) is 0 Å². The van der Waals surface area contributed by atoms with Crippen molar-refractivity contribution in [1.82, 2.24) is 19.3 Å². The molecule has 0 saturated carbocycles. The summed E-state index contributed by atoms with van der Waals surface area (Å²) in [5.41, 5.74) is 0.801. The Labute approximate surface area is 137 Å². The summed E-state index contributed by atoms with van der Waals surface area (Å²) in [5, 5.41) is 11.2. The van der Waals surface area contributed by atoms with Gasteiger partial charge in [0, 0.05) is 19.3 Å². The molecule has 0 aliphatic carbocycles. The Kier molecular flexibility index (Phi) is 3.99. The zero-order valence-electron chi connectivity index (χ0n) is 13.2. The van der Waals surface area contributed by atoms with Crippen molar-refractivity contribution in [2.45, 2.75) is 13.5 Å². The van der Waals surface area contributed by atoms with Crippen LogP contribution in [0.2, 0.25) is 0 Å². The van der Waals surface area contributed by atoms with Crippen molar-refractivity contribution in [1.29, 1.82) is 5.41 Å². The maximum atomic E-state index is 12.8. The molecule has 2 N–H and O–H groups in total. The molecule has 0 fully saturated rings. The Balaban J connectivity index is 2.40. The van der Waals surface area contributed by atoms with Gasteiger partial charge in [-0.05, 0) is 25.1 Å². The van der Waals surface area contributed by atoms with Crippen molar-refractivity contribution in [3.63, 3.8) is 0 Å². The van der Waals surface area contributed by atoms with E-state index in [1.54, 1.807) is 35.0 Å². The summed E-state index contributed by atoms with van der Waals surface area (Å²) < 4.78 is 2.99. The van der Waals surface area contributed by atoms with E-state index in [4.69, 9.17) is 5.41 Å². The number of rotatable bonds is 4. The second-order valence-corrected chi connectivity index (χ2v) is 5.23. The molecule has 0 radical (unpaired) electrons. The van der Waals surface area contributed by atoms with Gasteiger partial charge in [-0.15, -0.1) is 6.58 Å². The molecule has 0 aliphatic heterocycles. The summed E-state index contributed by atoms with van der Waals surface area (Å²) in [6.45, 7) is 6.11. The summed E-state index contributed by atoms with van der Waals surface area (Å²) in [7, 11) is 0. The molecule has 0 unspecified atom stereocenters. The number of nitrogens with zero attached hydrogens (tertiary/aromatic N) is 3. The van der Waals surface area contributed by atoms with Gasteiger partial charge in [0.05, 0.1) is 10.9 Å². The van der Waals surface area contributed by atoms with Gasteiger partial charge < -0.3 is 9.88 Å². The fourth-order valence-corrected chi connectivity index (χ4v) is 2.63. The van der Waals surface area contributed by atoms with Gasteiger partial charge in [-0.25, -0.2) is 4.98 Å². The maximum Gasteiger partial charge on any atom is 0.267 e. The monoisotopic (exact) mass is 323 g/mol. The van der Waals surface area contributed by atoms with E-state index in [-0.39, 0.29) is 23.2 Å². The van der Waals surface area contributed by atoms with Crippen LogP contribution in [-0.4, -0.2) is 26.4 Å². The summed E-state index contributed by atoms with van der Waals surface area (Å²) in [5.74, 6) is -0.415. The number of aromatic nitrogens is 3. The topological polar surface area (TPSA) is 92.2 Å². The molecule has 3 aromatic rings. The van der Waals surface area contributed by atoms with Gasteiger partial charge in [-0.1, -0.05) is 12.1 Å². The lowest BCUT2D eigenvalue weighted by Crippen LogP contribution is -2.34. The Bertz CT molecular complexity index is 1080. The van der Waals surface area contributed by atoms with Crippen LogP contribution in [0.3, 0.4) is 0 Å². The first-order valence-electron chi connectivity index (χ1n) is 7.57. The molecule has 0 aliphatic rings. The average molecular weight is 323 g/mol. The molecule has 3 aromatic heterocycles. The van der Waals surface area contributed by atoms with E-state index < -0.39 is 5.91 Å². The van der Waals surface area contributed by atoms with Gasteiger partial charge in [-0.3, -0.25) is 19.4 Å². The number of amides is 1. The van der Waals surface area contributed by atoms with Gasteiger partial charge in [-0.2, -0.15) is 0 Å². The largest absolute Gasteiger partial charge is 0.348 e. The second kappa shape index (κ2) is 6.11. The smallest absolute Gasteiger partial charge is 0.267 e. The fourth-order valence-electron chi connectivity index (χ4n) is 2.63. The molecule has 24 heavy (non-hydrogen) atoms. The minimum atomic E-state index is -0.415. The third kappa shape index (κ3) is 2.40. The first-order chi connectivity index (χ1) is 11.6. The van der Waals surface area contributed by atoms with Crippen LogP contribution in [0.1, 0.15) is 17.3 Å². The predicted octanol–water partition coefficient (Wildman–Crippen LogP) is 1.06. The minimum absolute atomic E-state index is 0.0266. The lowest BCUT2D eigenvalue weighted by Gasteiger charge is -2.12. The van der Waals surface area contributed by atoms with Gasteiger partial charge >= 0.3 is 0 Å². The van der Waals surface area contributed by atoms with Crippen molar-refractivity contribution >= 4 is 22.6 Å². The average Bonchev–Trinajstić information content (AvgIpc) is 2.59. The highest BCUT2D eigenvalue weighted by Gasteiger charge is 2.16. The molecule has 0 saturated heterocycles. The number of fused-ring (bicyclic) bond motifs is 2. The molecule has 0 spiro atoms. The zero-order valence-corrected chi connectivity index (χ0v) is 13.2. The second-order valence-electron chi connectivity index (χ2n) is 5.23. The van der Waals surface area contributed by atoms with E-state index in [1.807, 2.05) is 6.92 Å². The van der Waals surface area contributed by atoms with Crippen LogP contribution in [0.15, 0.2) is 47.9 Å². The SMILES string of the molecule is C=CCNC(=O)c1cc2c(=O)n3ccccc3nc2n(CC)c1=N. The number of hydrogen-bond donors (Lipinski definition) is 2. The van der Waals surface area contributed by atoms with Crippen LogP contribution in [0, 0.1) is 5.41 Å². The molecule has 1 amide bonds. The summed E-state index contributed by atoms with van der Waals surface area (Å²) >= 11 is 0. The van der Waals surface area contributed by atoms with Gasteiger partial charge in [0.1, 0.15) is 16.8 Å². The number of carbonyl (C=O) groups excluding carboxylic acids is 1. The molecule has 3 heterocycles. The number of carbonyl (C=O) groups is 1. The number of pyridine rings is 2. The molecule has 0 atom stereocenters. The lowest BCUT2D eigenvalue weighted by molar-refractivity contribution is 0.0955.